The Morgan fingerprint density at radius 3 is 2.88 bits per heavy atom. The van der Waals surface area contributed by atoms with E-state index in [1.54, 1.807) is 0 Å². The van der Waals surface area contributed by atoms with Gasteiger partial charge in [0.05, 0.1) is 12.6 Å². The van der Waals surface area contributed by atoms with Crippen molar-refractivity contribution in [3.8, 4) is 5.75 Å². The van der Waals surface area contributed by atoms with Crippen LogP contribution in [0.5, 0.6) is 5.75 Å². The molecule has 4 heteroatoms. The summed E-state index contributed by atoms with van der Waals surface area (Å²) >= 11 is 1.92. The van der Waals surface area contributed by atoms with Gasteiger partial charge < -0.3 is 4.74 Å². The van der Waals surface area contributed by atoms with Crippen molar-refractivity contribution >= 4 is 11.8 Å². The fourth-order valence-electron chi connectivity index (χ4n) is 4.47. The molecule has 0 unspecified atom stereocenters. The van der Waals surface area contributed by atoms with Gasteiger partial charge in [0.15, 0.2) is 0 Å². The molecule has 1 fully saturated rings. The van der Waals surface area contributed by atoms with Crippen LogP contribution >= 0.6 is 11.8 Å². The normalized spacial score (nSPS) is 22.8. The fourth-order valence-corrected chi connectivity index (χ4v) is 5.26. The van der Waals surface area contributed by atoms with E-state index in [4.69, 9.17) is 10.6 Å². The summed E-state index contributed by atoms with van der Waals surface area (Å²) in [5.74, 6) is 9.21. The van der Waals surface area contributed by atoms with Gasteiger partial charge in [0.1, 0.15) is 5.75 Å². The zero-order valence-electron chi connectivity index (χ0n) is 15.5. The van der Waals surface area contributed by atoms with E-state index in [-0.39, 0.29) is 6.04 Å². The van der Waals surface area contributed by atoms with Gasteiger partial charge >= 0.3 is 0 Å². The monoisotopic (exact) mass is 368 g/mol. The maximum Gasteiger partial charge on any atom is 0.125 e. The smallest absolute Gasteiger partial charge is 0.125 e. The molecule has 0 aromatic heterocycles. The topological polar surface area (TPSA) is 38.5 Å². The minimum atomic E-state index is 0.282. The second-order valence-electron chi connectivity index (χ2n) is 7.30. The van der Waals surface area contributed by atoms with Crippen molar-refractivity contribution in [2.24, 2.45) is 11.8 Å². The van der Waals surface area contributed by atoms with Crippen molar-refractivity contribution in [1.29, 1.82) is 0 Å². The Kier molecular flexibility index (Phi) is 5.53. The van der Waals surface area contributed by atoms with Gasteiger partial charge in [0.2, 0.25) is 0 Å². The van der Waals surface area contributed by atoms with E-state index < -0.39 is 0 Å². The number of hydrazine groups is 1. The summed E-state index contributed by atoms with van der Waals surface area (Å²) in [6, 6.07) is 15.7. The van der Waals surface area contributed by atoms with Crippen molar-refractivity contribution < 1.29 is 4.74 Å². The number of rotatable bonds is 5. The highest BCUT2D eigenvalue weighted by Gasteiger charge is 2.32. The van der Waals surface area contributed by atoms with Crippen molar-refractivity contribution in [1.82, 2.24) is 5.01 Å². The van der Waals surface area contributed by atoms with E-state index in [0.29, 0.717) is 5.92 Å². The van der Waals surface area contributed by atoms with Gasteiger partial charge in [0, 0.05) is 17.9 Å². The number of fused-ring (bicyclic) bond motifs is 1. The van der Waals surface area contributed by atoms with Crippen LogP contribution in [0.3, 0.4) is 0 Å². The first kappa shape index (κ1) is 17.9. The summed E-state index contributed by atoms with van der Waals surface area (Å²) < 4.78 is 6.02. The lowest BCUT2D eigenvalue weighted by Gasteiger charge is -2.39. The van der Waals surface area contributed by atoms with Crippen LogP contribution in [0.25, 0.3) is 0 Å². The van der Waals surface area contributed by atoms with Crippen molar-refractivity contribution in [2.75, 3.05) is 18.9 Å². The molecule has 0 saturated carbocycles. The van der Waals surface area contributed by atoms with Crippen LogP contribution in [0, 0.1) is 5.92 Å². The zero-order valence-corrected chi connectivity index (χ0v) is 16.3. The molecule has 1 saturated heterocycles. The molecule has 2 aliphatic rings. The summed E-state index contributed by atoms with van der Waals surface area (Å²) in [4.78, 5) is 1.38. The highest BCUT2D eigenvalue weighted by molar-refractivity contribution is 7.99. The SMILES string of the molecule is CCSc1cc2c(c(C[C@@H]3CCCN(N)[C@@H]3c3ccccc3)c1)OCC2. The lowest BCUT2D eigenvalue weighted by Crippen LogP contribution is -2.44. The van der Waals surface area contributed by atoms with E-state index in [1.165, 1.54) is 28.0 Å². The quantitative estimate of drug-likeness (QED) is 0.618. The highest BCUT2D eigenvalue weighted by Crippen LogP contribution is 2.41. The van der Waals surface area contributed by atoms with Crippen LogP contribution in [-0.2, 0) is 12.8 Å². The molecule has 2 aromatic carbocycles. The number of hydrogen-bond acceptors (Lipinski definition) is 4. The minimum Gasteiger partial charge on any atom is -0.493 e. The molecule has 2 aliphatic heterocycles. The van der Waals surface area contributed by atoms with Crippen molar-refractivity contribution in [2.45, 2.75) is 43.5 Å². The lowest BCUT2D eigenvalue weighted by molar-refractivity contribution is 0.0922. The highest BCUT2D eigenvalue weighted by atomic mass is 32.2. The fraction of sp³-hybridized carbons (Fsp3) is 0.455. The summed E-state index contributed by atoms with van der Waals surface area (Å²) in [6.07, 6.45) is 4.45. The Morgan fingerprint density at radius 1 is 1.23 bits per heavy atom. The molecule has 2 heterocycles. The van der Waals surface area contributed by atoms with Gasteiger partial charge in [-0.05, 0) is 59.8 Å². The number of nitrogens with two attached hydrogens (primary N) is 1. The summed E-state index contributed by atoms with van der Waals surface area (Å²) in [7, 11) is 0. The Labute approximate surface area is 160 Å². The third-order valence-electron chi connectivity index (χ3n) is 5.56. The van der Waals surface area contributed by atoms with E-state index in [2.05, 4.69) is 54.4 Å². The molecule has 0 aliphatic carbocycles. The van der Waals surface area contributed by atoms with Gasteiger partial charge in [-0.15, -0.1) is 11.8 Å². The summed E-state index contributed by atoms with van der Waals surface area (Å²) in [5.41, 5.74) is 4.09. The van der Waals surface area contributed by atoms with Gasteiger partial charge in [-0.3, -0.25) is 5.84 Å². The Balaban J connectivity index is 1.65. The summed E-state index contributed by atoms with van der Waals surface area (Å²) in [5, 5.41) is 2.05. The number of ether oxygens (including phenoxy) is 1. The first-order valence-electron chi connectivity index (χ1n) is 9.74. The van der Waals surface area contributed by atoms with Crippen molar-refractivity contribution in [3.05, 3.63) is 59.2 Å². The van der Waals surface area contributed by atoms with Crippen molar-refractivity contribution in [3.63, 3.8) is 0 Å². The molecular weight excluding hydrogens is 340 g/mol. The molecule has 4 rings (SSSR count). The molecular formula is C22H28N2OS. The average molecular weight is 369 g/mol. The zero-order chi connectivity index (χ0) is 17.9. The second kappa shape index (κ2) is 8.03. The Morgan fingerprint density at radius 2 is 2.08 bits per heavy atom. The van der Waals surface area contributed by atoms with Crippen LogP contribution in [0.4, 0.5) is 0 Å². The maximum atomic E-state index is 6.44. The number of piperidine rings is 1. The molecule has 0 amide bonds. The van der Waals surface area contributed by atoms with Crippen LogP contribution in [0.2, 0.25) is 0 Å². The molecule has 138 valence electrons. The number of hydrogen-bond donors (Lipinski definition) is 1. The largest absolute Gasteiger partial charge is 0.493 e. The van der Waals surface area contributed by atoms with Gasteiger partial charge in [-0.25, -0.2) is 5.01 Å². The molecule has 0 radical (unpaired) electrons. The molecule has 2 atom stereocenters. The molecule has 0 bridgehead atoms. The molecule has 3 nitrogen and oxygen atoms in total. The Bertz CT molecular complexity index is 749. The van der Waals surface area contributed by atoms with Crippen LogP contribution < -0.4 is 10.6 Å². The second-order valence-corrected chi connectivity index (χ2v) is 8.64. The number of nitrogens with zero attached hydrogens (tertiary/aromatic N) is 1. The Hall–Kier alpha value is -1.49. The molecule has 2 N–H and O–H groups in total. The van der Waals surface area contributed by atoms with Crippen LogP contribution in [-0.4, -0.2) is 23.9 Å². The molecule has 0 spiro atoms. The lowest BCUT2D eigenvalue weighted by atomic mass is 9.81. The summed E-state index contributed by atoms with van der Waals surface area (Å²) in [6.45, 7) is 4.00. The van der Waals surface area contributed by atoms with E-state index in [9.17, 15) is 0 Å². The third kappa shape index (κ3) is 3.64. The van der Waals surface area contributed by atoms with Gasteiger partial charge in [0.25, 0.3) is 0 Å². The molecule has 26 heavy (non-hydrogen) atoms. The van der Waals surface area contributed by atoms with Gasteiger partial charge in [-0.1, -0.05) is 37.3 Å². The van der Waals surface area contributed by atoms with E-state index in [1.807, 2.05) is 11.8 Å². The minimum absolute atomic E-state index is 0.282. The van der Waals surface area contributed by atoms with Crippen LogP contribution in [0.15, 0.2) is 47.4 Å². The predicted molar refractivity (Wildman–Crippen MR) is 109 cm³/mol. The predicted octanol–water partition coefficient (Wildman–Crippen LogP) is 4.60. The first-order valence-corrected chi connectivity index (χ1v) is 10.7. The third-order valence-corrected chi connectivity index (χ3v) is 6.42. The number of thioether (sulfide) groups is 1. The van der Waals surface area contributed by atoms with Crippen LogP contribution in [0.1, 0.15) is 42.5 Å². The van der Waals surface area contributed by atoms with E-state index in [0.717, 1.165) is 43.9 Å². The molecule has 2 aromatic rings. The maximum absolute atomic E-state index is 6.44. The van der Waals surface area contributed by atoms with E-state index >= 15 is 0 Å². The standard InChI is InChI=1S/C22H28N2OS/c1-2-26-20-14-18-10-12-25-22(18)19(15-20)13-17-9-6-11-24(23)21(17)16-7-4-3-5-8-16/h3-5,7-8,14-15,17,21H,2,6,9-13,23H2,1H3/t17-,21+/m0/s1. The van der Waals surface area contributed by atoms with Gasteiger partial charge in [-0.2, -0.15) is 0 Å². The first-order chi connectivity index (χ1) is 12.8. The average Bonchev–Trinajstić information content (AvgIpc) is 3.12. The number of benzene rings is 2.